The first-order valence-electron chi connectivity index (χ1n) is 7.75. The van der Waals surface area contributed by atoms with Gasteiger partial charge >= 0.3 is 0 Å². The van der Waals surface area contributed by atoms with Crippen LogP contribution in [0.2, 0.25) is 0 Å². The van der Waals surface area contributed by atoms with Gasteiger partial charge in [-0.1, -0.05) is 6.07 Å². The molecule has 0 N–H and O–H groups in total. The van der Waals surface area contributed by atoms with Gasteiger partial charge in [-0.3, -0.25) is 0 Å². The number of benzene rings is 1. The van der Waals surface area contributed by atoms with Gasteiger partial charge < -0.3 is 9.47 Å². The van der Waals surface area contributed by atoms with Gasteiger partial charge in [-0.05, 0) is 31.0 Å². The van der Waals surface area contributed by atoms with Crippen LogP contribution < -0.4 is 9.47 Å². The zero-order valence-corrected chi connectivity index (χ0v) is 14.8. The molecule has 1 unspecified atom stereocenters. The minimum absolute atomic E-state index is 0.110. The molecule has 1 atom stereocenters. The molecule has 3 rings (SSSR count). The highest BCUT2D eigenvalue weighted by atomic mass is 32.2. The van der Waals surface area contributed by atoms with Gasteiger partial charge in [-0.15, -0.1) is 0 Å². The van der Waals surface area contributed by atoms with E-state index in [-0.39, 0.29) is 17.5 Å². The lowest BCUT2D eigenvalue weighted by Crippen LogP contribution is -2.14. The largest absolute Gasteiger partial charge is 0.493 e. The van der Waals surface area contributed by atoms with Crippen LogP contribution in [0.5, 0.6) is 11.5 Å². The fraction of sp³-hybridized carbons (Fsp3) is 0.500. The maximum Gasteiger partial charge on any atom is 0.161 e. The Morgan fingerprint density at radius 2 is 2.00 bits per heavy atom. The molecule has 2 heterocycles. The summed E-state index contributed by atoms with van der Waals surface area (Å²) in [4.78, 5) is 4.48. The van der Waals surface area contributed by atoms with Crippen LogP contribution in [-0.2, 0) is 16.3 Å². The van der Waals surface area contributed by atoms with Crippen LogP contribution in [0.25, 0.3) is 0 Å². The van der Waals surface area contributed by atoms with Crippen molar-refractivity contribution in [2.75, 3.05) is 25.7 Å². The van der Waals surface area contributed by atoms with E-state index in [2.05, 4.69) is 10.1 Å². The summed E-state index contributed by atoms with van der Waals surface area (Å²) in [5, 5.41) is 4.52. The van der Waals surface area contributed by atoms with Crippen molar-refractivity contribution in [3.05, 3.63) is 35.4 Å². The Hall–Kier alpha value is -2.09. The minimum atomic E-state index is -2.95. The second kappa shape index (κ2) is 6.43. The topological polar surface area (TPSA) is 83.3 Å². The van der Waals surface area contributed by atoms with Gasteiger partial charge in [0.25, 0.3) is 0 Å². The Balaban J connectivity index is 1.81. The van der Waals surface area contributed by atoms with Gasteiger partial charge in [0.1, 0.15) is 5.82 Å². The molecule has 1 fully saturated rings. The first kappa shape index (κ1) is 16.8. The SMILES string of the molecule is COc1ccc(Cc2nc(C)n(C3CCS(=O)(=O)C3)n2)cc1OC. The Morgan fingerprint density at radius 1 is 1.25 bits per heavy atom. The third kappa shape index (κ3) is 3.38. The fourth-order valence-electron chi connectivity index (χ4n) is 3.02. The molecule has 0 bridgehead atoms. The molecular weight excluding hydrogens is 330 g/mol. The molecule has 7 nitrogen and oxygen atoms in total. The summed E-state index contributed by atoms with van der Waals surface area (Å²) in [7, 11) is 0.248. The van der Waals surface area contributed by atoms with Crippen molar-refractivity contribution < 1.29 is 17.9 Å². The van der Waals surface area contributed by atoms with Crippen LogP contribution in [0.15, 0.2) is 18.2 Å². The van der Waals surface area contributed by atoms with Crippen LogP contribution in [-0.4, -0.2) is 48.9 Å². The van der Waals surface area contributed by atoms with E-state index >= 15 is 0 Å². The summed E-state index contributed by atoms with van der Waals surface area (Å²) in [6, 6.07) is 5.58. The molecule has 8 heteroatoms. The predicted octanol–water partition coefficient (Wildman–Crippen LogP) is 1.55. The molecular formula is C16H21N3O4S. The molecule has 0 radical (unpaired) electrons. The molecule has 0 amide bonds. The van der Waals surface area contributed by atoms with Crippen LogP contribution in [0.4, 0.5) is 0 Å². The maximum absolute atomic E-state index is 11.7. The quantitative estimate of drug-likeness (QED) is 0.813. The van der Waals surface area contributed by atoms with E-state index < -0.39 is 9.84 Å². The summed E-state index contributed by atoms with van der Waals surface area (Å²) < 4.78 is 35.6. The average molecular weight is 351 g/mol. The van der Waals surface area contributed by atoms with Crippen molar-refractivity contribution >= 4 is 9.84 Å². The molecule has 0 spiro atoms. The third-order valence-electron chi connectivity index (χ3n) is 4.21. The van der Waals surface area contributed by atoms with Gasteiger partial charge in [0, 0.05) is 6.42 Å². The highest BCUT2D eigenvalue weighted by Gasteiger charge is 2.31. The van der Waals surface area contributed by atoms with Gasteiger partial charge in [-0.25, -0.2) is 18.1 Å². The standard InChI is InChI=1S/C16H21N3O4S/c1-11-17-16(18-19(11)13-6-7-24(20,21)10-13)9-12-4-5-14(22-2)15(8-12)23-3/h4-5,8,13H,6-7,9-10H2,1-3H3. The van der Waals surface area contributed by atoms with Gasteiger partial charge in [0.05, 0.1) is 31.8 Å². The van der Waals surface area contributed by atoms with Crippen LogP contribution in [0.1, 0.15) is 29.7 Å². The first-order chi connectivity index (χ1) is 11.4. The van der Waals surface area contributed by atoms with E-state index in [1.807, 2.05) is 25.1 Å². The monoisotopic (exact) mass is 351 g/mol. The van der Waals surface area contributed by atoms with Crippen molar-refractivity contribution in [3.8, 4) is 11.5 Å². The van der Waals surface area contributed by atoms with Crippen LogP contribution in [0, 0.1) is 6.92 Å². The summed E-state index contributed by atoms with van der Waals surface area (Å²) in [6.07, 6.45) is 1.15. The zero-order valence-electron chi connectivity index (χ0n) is 14.0. The number of hydrogen-bond acceptors (Lipinski definition) is 6. The second-order valence-electron chi connectivity index (χ2n) is 5.94. The van der Waals surface area contributed by atoms with Crippen LogP contribution >= 0.6 is 0 Å². The van der Waals surface area contributed by atoms with E-state index in [1.165, 1.54) is 0 Å². The zero-order chi connectivity index (χ0) is 17.3. The predicted molar refractivity (Wildman–Crippen MR) is 89.4 cm³/mol. The lowest BCUT2D eigenvalue weighted by atomic mass is 10.1. The van der Waals surface area contributed by atoms with Gasteiger partial charge in [0.2, 0.25) is 0 Å². The van der Waals surface area contributed by atoms with Crippen LogP contribution in [0.3, 0.4) is 0 Å². The molecule has 0 aliphatic carbocycles. The minimum Gasteiger partial charge on any atom is -0.493 e. The number of hydrogen-bond donors (Lipinski definition) is 0. The Bertz CT molecular complexity index is 845. The number of aromatic nitrogens is 3. The van der Waals surface area contributed by atoms with E-state index in [0.29, 0.717) is 30.2 Å². The lowest BCUT2D eigenvalue weighted by Gasteiger charge is -2.09. The number of sulfone groups is 1. The molecule has 1 aliphatic heterocycles. The first-order valence-corrected chi connectivity index (χ1v) is 9.57. The van der Waals surface area contributed by atoms with Crippen molar-refractivity contribution in [1.82, 2.24) is 14.8 Å². The number of ether oxygens (including phenoxy) is 2. The average Bonchev–Trinajstić information content (AvgIpc) is 3.09. The molecule has 1 aromatic carbocycles. The summed E-state index contributed by atoms with van der Waals surface area (Å²) in [5.74, 6) is 3.12. The normalized spacial score (nSPS) is 19.4. The molecule has 24 heavy (non-hydrogen) atoms. The van der Waals surface area contributed by atoms with Gasteiger partial charge in [-0.2, -0.15) is 5.10 Å². The molecule has 1 aromatic heterocycles. The number of methoxy groups -OCH3 is 2. The Labute approximate surface area is 141 Å². The highest BCUT2D eigenvalue weighted by Crippen LogP contribution is 2.28. The Kier molecular flexibility index (Phi) is 4.49. The highest BCUT2D eigenvalue weighted by molar-refractivity contribution is 7.91. The van der Waals surface area contributed by atoms with E-state index in [4.69, 9.17) is 9.47 Å². The number of rotatable bonds is 5. The molecule has 2 aromatic rings. The smallest absolute Gasteiger partial charge is 0.161 e. The summed E-state index contributed by atoms with van der Waals surface area (Å²) in [5.41, 5.74) is 1.00. The summed E-state index contributed by atoms with van der Waals surface area (Å²) >= 11 is 0. The Morgan fingerprint density at radius 3 is 2.62 bits per heavy atom. The molecule has 1 saturated heterocycles. The molecule has 130 valence electrons. The summed E-state index contributed by atoms with van der Waals surface area (Å²) in [6.45, 7) is 1.86. The maximum atomic E-state index is 11.7. The van der Waals surface area contributed by atoms with Crippen molar-refractivity contribution in [1.29, 1.82) is 0 Å². The lowest BCUT2D eigenvalue weighted by molar-refractivity contribution is 0.354. The number of nitrogens with zero attached hydrogens (tertiary/aromatic N) is 3. The fourth-order valence-corrected chi connectivity index (χ4v) is 4.71. The molecule has 0 saturated carbocycles. The number of aryl methyl sites for hydroxylation is 1. The van der Waals surface area contributed by atoms with E-state index in [0.717, 1.165) is 11.4 Å². The second-order valence-corrected chi connectivity index (χ2v) is 8.17. The third-order valence-corrected chi connectivity index (χ3v) is 5.96. The van der Waals surface area contributed by atoms with Crippen molar-refractivity contribution in [2.45, 2.75) is 25.8 Å². The van der Waals surface area contributed by atoms with E-state index in [9.17, 15) is 8.42 Å². The van der Waals surface area contributed by atoms with Gasteiger partial charge in [0.15, 0.2) is 27.2 Å². The van der Waals surface area contributed by atoms with Crippen molar-refractivity contribution in [2.24, 2.45) is 0 Å². The van der Waals surface area contributed by atoms with E-state index in [1.54, 1.807) is 18.9 Å². The molecule has 1 aliphatic rings. The van der Waals surface area contributed by atoms with Crippen molar-refractivity contribution in [3.63, 3.8) is 0 Å².